The van der Waals surface area contributed by atoms with Crippen LogP contribution in [-0.4, -0.2) is 58.6 Å². The minimum atomic E-state index is -1.79. The summed E-state index contributed by atoms with van der Waals surface area (Å²) in [5, 5.41) is 27.2. The Kier molecular flexibility index (Phi) is 14.6. The van der Waals surface area contributed by atoms with Crippen LogP contribution in [0.4, 0.5) is 0 Å². The first-order valence-electron chi connectivity index (χ1n) is 9.27. The number of aliphatic carboxylic acids is 1. The fourth-order valence-electron chi connectivity index (χ4n) is 2.24. The lowest BCUT2D eigenvalue weighted by atomic mass is 10.1. The van der Waals surface area contributed by atoms with Crippen molar-refractivity contribution in [3.05, 3.63) is 0 Å². The van der Waals surface area contributed by atoms with Gasteiger partial charge < -0.3 is 24.8 Å². The van der Waals surface area contributed by atoms with Gasteiger partial charge in [0.05, 0.1) is 6.42 Å². The van der Waals surface area contributed by atoms with Gasteiger partial charge in [0, 0.05) is 6.42 Å². The number of hydrogen-bond donors (Lipinski definition) is 3. The number of carboxylic acid groups (broad SMARTS) is 1. The van der Waals surface area contributed by atoms with Crippen LogP contribution < -0.4 is 0 Å². The topological polar surface area (TPSA) is 130 Å². The number of aliphatic hydroxyl groups is 2. The van der Waals surface area contributed by atoms with E-state index in [0.29, 0.717) is 0 Å². The second-order valence-electron chi connectivity index (χ2n) is 6.31. The third-order valence-corrected chi connectivity index (χ3v) is 3.73. The third kappa shape index (κ3) is 14.7. The molecule has 0 saturated carbocycles. The van der Waals surface area contributed by atoms with Crippen molar-refractivity contribution >= 4 is 17.9 Å². The SMILES string of the molecule is CCCCCCCCCCC(=O)OCC(O)COC(=O)[C@@H](O)CC(=O)O. The number of carboxylic acids is 1. The van der Waals surface area contributed by atoms with E-state index in [1.54, 1.807) is 0 Å². The summed E-state index contributed by atoms with van der Waals surface area (Å²) in [6.45, 7) is 1.37. The molecule has 0 heterocycles. The Morgan fingerprint density at radius 3 is 1.96 bits per heavy atom. The zero-order chi connectivity index (χ0) is 19.8. The molecule has 1 unspecified atom stereocenters. The summed E-state index contributed by atoms with van der Waals surface area (Å²) in [7, 11) is 0. The second kappa shape index (κ2) is 15.6. The van der Waals surface area contributed by atoms with Crippen LogP contribution in [0.2, 0.25) is 0 Å². The summed E-state index contributed by atoms with van der Waals surface area (Å²) in [5.74, 6) is -2.91. The van der Waals surface area contributed by atoms with Crippen LogP contribution in [0, 0.1) is 0 Å². The van der Waals surface area contributed by atoms with Crippen molar-refractivity contribution < 1.29 is 39.2 Å². The molecule has 8 nitrogen and oxygen atoms in total. The highest BCUT2D eigenvalue weighted by molar-refractivity contribution is 5.80. The Balaban J connectivity index is 3.63. The molecule has 0 aromatic carbocycles. The van der Waals surface area contributed by atoms with Gasteiger partial charge >= 0.3 is 17.9 Å². The van der Waals surface area contributed by atoms with E-state index in [4.69, 9.17) is 9.84 Å². The van der Waals surface area contributed by atoms with E-state index in [9.17, 15) is 24.6 Å². The fraction of sp³-hybridized carbons (Fsp3) is 0.833. The average Bonchev–Trinajstić information content (AvgIpc) is 2.59. The van der Waals surface area contributed by atoms with E-state index in [-0.39, 0.29) is 13.0 Å². The molecule has 0 rings (SSSR count). The quantitative estimate of drug-likeness (QED) is 0.275. The van der Waals surface area contributed by atoms with E-state index in [1.165, 1.54) is 32.1 Å². The maximum absolute atomic E-state index is 11.5. The number of esters is 2. The van der Waals surface area contributed by atoms with Crippen molar-refractivity contribution in [1.82, 2.24) is 0 Å². The molecule has 8 heteroatoms. The van der Waals surface area contributed by atoms with Crippen molar-refractivity contribution in [3.63, 3.8) is 0 Å². The molecule has 0 fully saturated rings. The third-order valence-electron chi connectivity index (χ3n) is 3.73. The van der Waals surface area contributed by atoms with Gasteiger partial charge in [0.25, 0.3) is 0 Å². The number of rotatable bonds is 16. The normalized spacial score (nSPS) is 13.0. The van der Waals surface area contributed by atoms with Crippen molar-refractivity contribution in [1.29, 1.82) is 0 Å². The summed E-state index contributed by atoms with van der Waals surface area (Å²) in [6, 6.07) is 0. The highest BCUT2D eigenvalue weighted by Gasteiger charge is 2.21. The Morgan fingerprint density at radius 1 is 0.846 bits per heavy atom. The van der Waals surface area contributed by atoms with Gasteiger partial charge in [0.1, 0.15) is 19.3 Å². The highest BCUT2D eigenvalue weighted by atomic mass is 16.6. The zero-order valence-corrected chi connectivity index (χ0v) is 15.5. The van der Waals surface area contributed by atoms with Gasteiger partial charge in [0.2, 0.25) is 0 Å². The lowest BCUT2D eigenvalue weighted by Gasteiger charge is -2.13. The molecule has 0 aliphatic rings. The van der Waals surface area contributed by atoms with E-state index >= 15 is 0 Å². The van der Waals surface area contributed by atoms with Gasteiger partial charge in [-0.15, -0.1) is 0 Å². The monoisotopic (exact) mass is 376 g/mol. The molecule has 0 aliphatic heterocycles. The van der Waals surface area contributed by atoms with Crippen molar-refractivity contribution in [2.24, 2.45) is 0 Å². The molecule has 0 aliphatic carbocycles. The highest BCUT2D eigenvalue weighted by Crippen LogP contribution is 2.10. The number of carbonyl (C=O) groups is 3. The standard InChI is InChI=1S/C18H32O8/c1-2-3-4-5-6-7-8-9-10-17(23)25-12-14(19)13-26-18(24)15(20)11-16(21)22/h14-15,19-20H,2-13H2,1H3,(H,21,22)/t14?,15-/m0/s1. The first-order chi connectivity index (χ1) is 12.4. The van der Waals surface area contributed by atoms with Crippen LogP contribution in [0.3, 0.4) is 0 Å². The molecule has 0 amide bonds. The zero-order valence-electron chi connectivity index (χ0n) is 15.5. The minimum Gasteiger partial charge on any atom is -0.481 e. The van der Waals surface area contributed by atoms with Crippen LogP contribution in [0.5, 0.6) is 0 Å². The second-order valence-corrected chi connectivity index (χ2v) is 6.31. The predicted octanol–water partition coefficient (Wildman–Crippen LogP) is 1.80. The lowest BCUT2D eigenvalue weighted by molar-refractivity contribution is -0.162. The summed E-state index contributed by atoms with van der Waals surface area (Å²) in [4.78, 5) is 33.1. The van der Waals surface area contributed by atoms with Crippen LogP contribution in [0.25, 0.3) is 0 Å². The number of unbranched alkanes of at least 4 members (excludes halogenated alkanes) is 7. The van der Waals surface area contributed by atoms with Crippen LogP contribution in [0.15, 0.2) is 0 Å². The number of aliphatic hydroxyl groups excluding tert-OH is 2. The van der Waals surface area contributed by atoms with Crippen molar-refractivity contribution in [3.8, 4) is 0 Å². The number of carbonyl (C=O) groups excluding carboxylic acids is 2. The maximum atomic E-state index is 11.5. The summed E-state index contributed by atoms with van der Waals surface area (Å²) in [6.07, 6.45) is 5.42. The summed E-state index contributed by atoms with van der Waals surface area (Å²) >= 11 is 0. The maximum Gasteiger partial charge on any atom is 0.335 e. The van der Waals surface area contributed by atoms with E-state index in [1.807, 2.05) is 0 Å². The van der Waals surface area contributed by atoms with Crippen LogP contribution >= 0.6 is 0 Å². The molecule has 0 radical (unpaired) electrons. The molecule has 3 N–H and O–H groups in total. The summed E-state index contributed by atoms with van der Waals surface area (Å²) in [5.41, 5.74) is 0. The van der Waals surface area contributed by atoms with Gasteiger partial charge in [0.15, 0.2) is 6.10 Å². The Labute approximate surface area is 154 Å². The first-order valence-corrected chi connectivity index (χ1v) is 9.27. The van der Waals surface area contributed by atoms with Crippen molar-refractivity contribution in [2.45, 2.75) is 83.3 Å². The Bertz CT molecular complexity index is 410. The minimum absolute atomic E-state index is 0.277. The van der Waals surface area contributed by atoms with Crippen molar-refractivity contribution in [2.75, 3.05) is 13.2 Å². The smallest absolute Gasteiger partial charge is 0.335 e. The van der Waals surface area contributed by atoms with E-state index in [0.717, 1.165) is 19.3 Å². The van der Waals surface area contributed by atoms with Gasteiger partial charge in [-0.25, -0.2) is 4.79 Å². The molecule has 26 heavy (non-hydrogen) atoms. The number of hydrogen-bond acceptors (Lipinski definition) is 7. The van der Waals surface area contributed by atoms with Crippen LogP contribution in [-0.2, 0) is 23.9 Å². The van der Waals surface area contributed by atoms with Gasteiger partial charge in [-0.05, 0) is 6.42 Å². The predicted molar refractivity (Wildman–Crippen MR) is 93.4 cm³/mol. The lowest BCUT2D eigenvalue weighted by Crippen LogP contribution is -2.31. The molecular weight excluding hydrogens is 344 g/mol. The number of ether oxygens (including phenoxy) is 2. The molecule has 0 spiro atoms. The van der Waals surface area contributed by atoms with Gasteiger partial charge in [-0.1, -0.05) is 51.9 Å². The largest absolute Gasteiger partial charge is 0.481 e. The fourth-order valence-corrected chi connectivity index (χ4v) is 2.24. The summed E-state index contributed by atoms with van der Waals surface area (Å²) < 4.78 is 9.44. The molecule has 2 atom stereocenters. The van der Waals surface area contributed by atoms with Gasteiger partial charge in [-0.3, -0.25) is 9.59 Å². The molecule has 0 bridgehead atoms. The van der Waals surface area contributed by atoms with Crippen LogP contribution in [0.1, 0.15) is 71.1 Å². The Morgan fingerprint density at radius 2 is 1.38 bits per heavy atom. The molecule has 152 valence electrons. The Hall–Kier alpha value is -1.67. The molecule has 0 saturated heterocycles. The van der Waals surface area contributed by atoms with E-state index < -0.39 is 43.1 Å². The molecular formula is C18H32O8. The molecule has 0 aromatic rings. The average molecular weight is 376 g/mol. The molecule has 0 aromatic heterocycles. The first kappa shape index (κ1) is 24.3. The van der Waals surface area contributed by atoms with E-state index in [2.05, 4.69) is 11.7 Å². The van der Waals surface area contributed by atoms with Gasteiger partial charge in [-0.2, -0.15) is 0 Å².